The normalized spacial score (nSPS) is 12.2. The average Bonchev–Trinajstić information content (AvgIpc) is 2.29. The van der Waals surface area contributed by atoms with E-state index in [9.17, 15) is 13.2 Å². The Bertz CT molecular complexity index is 561. The van der Waals surface area contributed by atoms with Gasteiger partial charge >= 0.3 is 5.97 Å². The van der Waals surface area contributed by atoms with Crippen molar-refractivity contribution in [2.45, 2.75) is 25.2 Å². The summed E-state index contributed by atoms with van der Waals surface area (Å²) in [5, 5.41) is 12.1. The Morgan fingerprint density at radius 2 is 1.89 bits per heavy atom. The van der Waals surface area contributed by atoms with E-state index >= 15 is 0 Å². The molecular formula is C11H14N2O4S. The molecule has 0 aromatic heterocycles. The Labute approximate surface area is 105 Å². The van der Waals surface area contributed by atoms with Crippen molar-refractivity contribution in [3.05, 3.63) is 29.8 Å². The van der Waals surface area contributed by atoms with Gasteiger partial charge in [-0.25, -0.2) is 4.79 Å². The van der Waals surface area contributed by atoms with Crippen LogP contribution in [0.3, 0.4) is 0 Å². The number of nitrogens with zero attached hydrogens (tertiary/aromatic N) is 1. The molecule has 0 atom stereocenters. The molecule has 7 heteroatoms. The number of hydrazone groups is 1. The van der Waals surface area contributed by atoms with Crippen molar-refractivity contribution in [1.82, 2.24) is 4.83 Å². The van der Waals surface area contributed by atoms with Crippen molar-refractivity contribution in [1.29, 1.82) is 0 Å². The second-order valence-electron chi connectivity index (χ2n) is 3.62. The van der Waals surface area contributed by atoms with Gasteiger partial charge in [0, 0.05) is 0 Å². The van der Waals surface area contributed by atoms with Crippen molar-refractivity contribution in [3.8, 4) is 0 Å². The van der Waals surface area contributed by atoms with Crippen LogP contribution in [0.2, 0.25) is 0 Å². The molecule has 1 aromatic carbocycles. The van der Waals surface area contributed by atoms with E-state index in [1.54, 1.807) is 19.1 Å². The molecule has 0 radical (unpaired) electrons. The SMILES string of the molecule is CC/C(=N/NS(=O)(=O)c1ccc(C)cc1)C(=O)O. The molecule has 18 heavy (non-hydrogen) atoms. The number of carboxylic acid groups (broad SMARTS) is 1. The minimum absolute atomic E-state index is 0.0395. The summed E-state index contributed by atoms with van der Waals surface area (Å²) >= 11 is 0. The fraction of sp³-hybridized carbons (Fsp3) is 0.273. The van der Waals surface area contributed by atoms with Crippen LogP contribution in [0.15, 0.2) is 34.3 Å². The lowest BCUT2D eigenvalue weighted by Crippen LogP contribution is -2.23. The smallest absolute Gasteiger partial charge is 0.352 e. The molecule has 0 aliphatic carbocycles. The fourth-order valence-electron chi connectivity index (χ4n) is 1.16. The van der Waals surface area contributed by atoms with E-state index in [0.29, 0.717) is 0 Å². The highest BCUT2D eigenvalue weighted by Gasteiger charge is 2.14. The number of carbonyl (C=O) groups is 1. The number of aryl methyl sites for hydroxylation is 1. The molecule has 6 nitrogen and oxygen atoms in total. The largest absolute Gasteiger partial charge is 0.477 e. The molecular weight excluding hydrogens is 256 g/mol. The molecule has 2 N–H and O–H groups in total. The summed E-state index contributed by atoms with van der Waals surface area (Å²) in [7, 11) is -3.82. The third kappa shape index (κ3) is 3.56. The molecule has 0 heterocycles. The van der Waals surface area contributed by atoms with E-state index in [1.807, 2.05) is 11.8 Å². The third-order valence-electron chi connectivity index (χ3n) is 2.21. The zero-order valence-corrected chi connectivity index (χ0v) is 10.9. The highest BCUT2D eigenvalue weighted by molar-refractivity contribution is 7.89. The van der Waals surface area contributed by atoms with Crippen LogP contribution in [0.4, 0.5) is 0 Å². The predicted octanol–water partition coefficient (Wildman–Crippen LogP) is 1.12. The molecule has 1 aromatic rings. The number of hydrogen-bond donors (Lipinski definition) is 2. The maximum atomic E-state index is 11.8. The zero-order chi connectivity index (χ0) is 13.8. The lowest BCUT2D eigenvalue weighted by Gasteiger charge is -2.04. The van der Waals surface area contributed by atoms with Gasteiger partial charge in [0.05, 0.1) is 4.90 Å². The Morgan fingerprint density at radius 3 is 2.33 bits per heavy atom. The van der Waals surface area contributed by atoms with Crippen molar-refractivity contribution >= 4 is 21.7 Å². The highest BCUT2D eigenvalue weighted by atomic mass is 32.2. The quantitative estimate of drug-likeness (QED) is 0.619. The number of rotatable bonds is 5. The van der Waals surface area contributed by atoms with E-state index in [0.717, 1.165) is 5.56 Å². The molecule has 0 aliphatic rings. The Hall–Kier alpha value is -1.89. The number of hydrogen-bond acceptors (Lipinski definition) is 4. The Kier molecular flexibility index (Phi) is 4.43. The molecule has 0 saturated carbocycles. The maximum absolute atomic E-state index is 11.8. The maximum Gasteiger partial charge on any atom is 0.352 e. The van der Waals surface area contributed by atoms with E-state index < -0.39 is 16.0 Å². The first-order valence-corrected chi connectivity index (χ1v) is 6.73. The molecule has 1 rings (SSSR count). The summed E-state index contributed by atoms with van der Waals surface area (Å²) in [6, 6.07) is 6.16. The van der Waals surface area contributed by atoms with Crippen LogP contribution in [0.25, 0.3) is 0 Å². The first kappa shape index (κ1) is 14.2. The first-order valence-electron chi connectivity index (χ1n) is 5.25. The lowest BCUT2D eigenvalue weighted by molar-refractivity contribution is -0.129. The van der Waals surface area contributed by atoms with Gasteiger partial charge in [0.1, 0.15) is 5.71 Å². The van der Waals surface area contributed by atoms with Gasteiger partial charge in [-0.3, -0.25) is 0 Å². The van der Waals surface area contributed by atoms with E-state index in [4.69, 9.17) is 5.11 Å². The van der Waals surface area contributed by atoms with Gasteiger partial charge < -0.3 is 5.11 Å². The van der Waals surface area contributed by atoms with Crippen molar-refractivity contribution < 1.29 is 18.3 Å². The fourth-order valence-corrected chi connectivity index (χ4v) is 1.99. The number of nitrogens with one attached hydrogen (secondary N) is 1. The zero-order valence-electron chi connectivity index (χ0n) is 10.0. The molecule has 0 amide bonds. The van der Waals surface area contributed by atoms with Gasteiger partial charge in [0.25, 0.3) is 10.0 Å². The van der Waals surface area contributed by atoms with Crippen LogP contribution in [0, 0.1) is 6.92 Å². The Morgan fingerprint density at radius 1 is 1.33 bits per heavy atom. The van der Waals surface area contributed by atoms with Crippen LogP contribution in [0.1, 0.15) is 18.9 Å². The standard InChI is InChI=1S/C11H14N2O4S/c1-3-10(11(14)15)12-13-18(16,17)9-6-4-8(2)5-7-9/h4-7,13H,3H2,1-2H3,(H,14,15)/b12-10-. The topological polar surface area (TPSA) is 95.8 Å². The van der Waals surface area contributed by atoms with Crippen LogP contribution in [-0.4, -0.2) is 25.2 Å². The summed E-state index contributed by atoms with van der Waals surface area (Å²) < 4.78 is 23.6. The monoisotopic (exact) mass is 270 g/mol. The molecule has 0 fully saturated rings. The van der Waals surface area contributed by atoms with Crippen LogP contribution >= 0.6 is 0 Å². The van der Waals surface area contributed by atoms with Gasteiger partial charge in [-0.1, -0.05) is 24.6 Å². The van der Waals surface area contributed by atoms with E-state index in [-0.39, 0.29) is 17.0 Å². The molecule has 0 unspecified atom stereocenters. The van der Waals surface area contributed by atoms with Gasteiger partial charge in [0.2, 0.25) is 0 Å². The van der Waals surface area contributed by atoms with Crippen molar-refractivity contribution in [3.63, 3.8) is 0 Å². The summed E-state index contributed by atoms with van der Waals surface area (Å²) in [5.74, 6) is -1.25. The summed E-state index contributed by atoms with van der Waals surface area (Å²) in [6.45, 7) is 3.41. The van der Waals surface area contributed by atoms with Crippen LogP contribution < -0.4 is 4.83 Å². The van der Waals surface area contributed by atoms with Crippen LogP contribution in [0.5, 0.6) is 0 Å². The molecule has 98 valence electrons. The minimum atomic E-state index is -3.82. The summed E-state index contributed by atoms with van der Waals surface area (Å²) in [6.07, 6.45) is 0.131. The average molecular weight is 270 g/mol. The second-order valence-corrected chi connectivity index (χ2v) is 5.29. The van der Waals surface area contributed by atoms with Gasteiger partial charge in [-0.2, -0.15) is 18.4 Å². The number of aliphatic carboxylic acids is 1. The number of benzene rings is 1. The molecule has 0 saturated heterocycles. The van der Waals surface area contributed by atoms with E-state index in [1.165, 1.54) is 12.1 Å². The number of carboxylic acids is 1. The lowest BCUT2D eigenvalue weighted by atomic mass is 10.2. The van der Waals surface area contributed by atoms with Crippen LogP contribution in [-0.2, 0) is 14.8 Å². The highest BCUT2D eigenvalue weighted by Crippen LogP contribution is 2.09. The van der Waals surface area contributed by atoms with Crippen molar-refractivity contribution in [2.75, 3.05) is 0 Å². The third-order valence-corrected chi connectivity index (χ3v) is 3.44. The molecule has 0 bridgehead atoms. The van der Waals surface area contributed by atoms with Gasteiger partial charge in [-0.15, -0.1) is 0 Å². The second kappa shape index (κ2) is 5.63. The summed E-state index contributed by atoms with van der Waals surface area (Å²) in [5.41, 5.74) is 0.683. The van der Waals surface area contributed by atoms with Gasteiger partial charge in [-0.05, 0) is 25.5 Å². The predicted molar refractivity (Wildman–Crippen MR) is 66.9 cm³/mol. The van der Waals surface area contributed by atoms with E-state index in [2.05, 4.69) is 5.10 Å². The molecule has 0 spiro atoms. The van der Waals surface area contributed by atoms with Crippen molar-refractivity contribution in [2.24, 2.45) is 5.10 Å². The summed E-state index contributed by atoms with van der Waals surface area (Å²) in [4.78, 5) is 12.6. The first-order chi connectivity index (χ1) is 8.36. The van der Waals surface area contributed by atoms with Gasteiger partial charge in [0.15, 0.2) is 0 Å². The molecule has 0 aliphatic heterocycles. The Balaban J connectivity index is 2.96. The minimum Gasteiger partial charge on any atom is -0.477 e. The number of sulfonamides is 1.